The summed E-state index contributed by atoms with van der Waals surface area (Å²) in [7, 11) is 0. The van der Waals surface area contributed by atoms with E-state index in [9.17, 15) is 0 Å². The van der Waals surface area contributed by atoms with Crippen LogP contribution < -0.4 is 5.73 Å². The molecule has 2 unspecified atom stereocenters. The molecule has 0 spiro atoms. The van der Waals surface area contributed by atoms with Crippen LogP contribution in [0.25, 0.3) is 0 Å². The molecule has 0 aromatic rings. The maximum atomic E-state index is 5.91. The maximum absolute atomic E-state index is 5.91. The molecule has 3 rings (SSSR count). The van der Waals surface area contributed by atoms with Crippen molar-refractivity contribution in [1.29, 1.82) is 0 Å². The molecular weight excluding hydrogens is 234 g/mol. The fourth-order valence-electron chi connectivity index (χ4n) is 4.58. The Morgan fingerprint density at radius 2 is 1.47 bits per heavy atom. The second-order valence-electron chi connectivity index (χ2n) is 6.96. The fourth-order valence-corrected chi connectivity index (χ4v) is 4.58. The van der Waals surface area contributed by atoms with Crippen molar-refractivity contribution in [2.75, 3.05) is 39.3 Å². The molecule has 19 heavy (non-hydrogen) atoms. The van der Waals surface area contributed by atoms with Gasteiger partial charge in [-0.25, -0.2) is 0 Å². The lowest BCUT2D eigenvalue weighted by atomic mass is 9.95. The predicted molar refractivity (Wildman–Crippen MR) is 80.2 cm³/mol. The number of rotatable bonds is 4. The van der Waals surface area contributed by atoms with E-state index in [0.29, 0.717) is 0 Å². The van der Waals surface area contributed by atoms with Gasteiger partial charge >= 0.3 is 0 Å². The minimum Gasteiger partial charge on any atom is -0.330 e. The monoisotopic (exact) mass is 265 g/mol. The molecule has 2 N–H and O–H groups in total. The summed E-state index contributed by atoms with van der Waals surface area (Å²) >= 11 is 0. The highest BCUT2D eigenvalue weighted by atomic mass is 15.3. The Kier molecular flexibility index (Phi) is 4.78. The molecule has 2 atom stereocenters. The molecule has 1 heterocycles. The summed E-state index contributed by atoms with van der Waals surface area (Å²) in [5, 5.41) is 0. The maximum Gasteiger partial charge on any atom is 0.0113 e. The van der Waals surface area contributed by atoms with Crippen molar-refractivity contribution in [3.63, 3.8) is 0 Å². The van der Waals surface area contributed by atoms with Crippen LogP contribution in [0.5, 0.6) is 0 Å². The Bertz CT molecular complexity index is 267. The van der Waals surface area contributed by atoms with E-state index in [1.54, 1.807) is 0 Å². The van der Waals surface area contributed by atoms with Crippen LogP contribution in [0, 0.1) is 11.8 Å². The van der Waals surface area contributed by atoms with Gasteiger partial charge < -0.3 is 10.6 Å². The van der Waals surface area contributed by atoms with Crippen LogP contribution in [-0.4, -0.2) is 55.1 Å². The third kappa shape index (κ3) is 3.32. The summed E-state index contributed by atoms with van der Waals surface area (Å²) in [6, 6.07) is 0.922. The highest BCUT2D eigenvalue weighted by Crippen LogP contribution is 2.32. The topological polar surface area (TPSA) is 32.5 Å². The first-order chi connectivity index (χ1) is 9.36. The Labute approximate surface area is 118 Å². The van der Waals surface area contributed by atoms with Crippen molar-refractivity contribution in [1.82, 2.24) is 9.80 Å². The Hall–Kier alpha value is -0.120. The highest BCUT2D eigenvalue weighted by Gasteiger charge is 2.30. The molecule has 2 saturated carbocycles. The molecular formula is C16H31N3. The molecule has 3 aliphatic rings. The van der Waals surface area contributed by atoms with Crippen LogP contribution in [0.15, 0.2) is 0 Å². The molecule has 0 amide bonds. The van der Waals surface area contributed by atoms with Gasteiger partial charge in [-0.3, -0.25) is 4.90 Å². The van der Waals surface area contributed by atoms with E-state index in [1.165, 1.54) is 77.7 Å². The molecule has 1 aliphatic heterocycles. The molecule has 0 radical (unpaired) electrons. The van der Waals surface area contributed by atoms with Gasteiger partial charge in [0.15, 0.2) is 0 Å². The average Bonchev–Trinajstić information content (AvgIpc) is 3.10. The van der Waals surface area contributed by atoms with Gasteiger partial charge in [0.25, 0.3) is 0 Å². The van der Waals surface area contributed by atoms with Gasteiger partial charge in [0.2, 0.25) is 0 Å². The van der Waals surface area contributed by atoms with E-state index >= 15 is 0 Å². The van der Waals surface area contributed by atoms with Gasteiger partial charge in [0.05, 0.1) is 0 Å². The van der Waals surface area contributed by atoms with Gasteiger partial charge in [0.1, 0.15) is 0 Å². The van der Waals surface area contributed by atoms with Crippen molar-refractivity contribution in [2.24, 2.45) is 17.6 Å². The number of nitrogens with zero attached hydrogens (tertiary/aromatic N) is 2. The van der Waals surface area contributed by atoms with E-state index < -0.39 is 0 Å². The minimum atomic E-state index is 0.813. The molecule has 110 valence electrons. The number of hydrogen-bond acceptors (Lipinski definition) is 3. The van der Waals surface area contributed by atoms with Crippen molar-refractivity contribution >= 4 is 0 Å². The van der Waals surface area contributed by atoms with E-state index in [1.807, 2.05) is 0 Å². The average molecular weight is 265 g/mol. The van der Waals surface area contributed by atoms with Gasteiger partial charge in [-0.2, -0.15) is 0 Å². The van der Waals surface area contributed by atoms with Gasteiger partial charge in [-0.1, -0.05) is 19.3 Å². The zero-order valence-corrected chi connectivity index (χ0v) is 12.4. The third-order valence-corrected chi connectivity index (χ3v) is 5.86. The fraction of sp³-hybridized carbons (Fsp3) is 1.00. The quantitative estimate of drug-likeness (QED) is 0.843. The lowest BCUT2D eigenvalue weighted by Gasteiger charge is -2.39. The van der Waals surface area contributed by atoms with Gasteiger partial charge in [-0.15, -0.1) is 0 Å². The molecule has 3 fully saturated rings. The predicted octanol–water partition coefficient (Wildman–Crippen LogP) is 1.92. The van der Waals surface area contributed by atoms with Crippen LogP contribution in [0.3, 0.4) is 0 Å². The van der Waals surface area contributed by atoms with E-state index in [-0.39, 0.29) is 0 Å². The summed E-state index contributed by atoms with van der Waals surface area (Å²) < 4.78 is 0. The smallest absolute Gasteiger partial charge is 0.0113 e. The van der Waals surface area contributed by atoms with Crippen molar-refractivity contribution in [3.05, 3.63) is 0 Å². The van der Waals surface area contributed by atoms with Crippen LogP contribution in [0.1, 0.15) is 44.9 Å². The molecule has 2 aliphatic carbocycles. The number of piperazine rings is 1. The van der Waals surface area contributed by atoms with Crippen LogP contribution in [-0.2, 0) is 0 Å². The number of hydrogen-bond donors (Lipinski definition) is 1. The van der Waals surface area contributed by atoms with Gasteiger partial charge in [0, 0.05) is 38.8 Å². The second-order valence-corrected chi connectivity index (χ2v) is 6.96. The summed E-state index contributed by atoms with van der Waals surface area (Å²) in [6.07, 6.45) is 10.1. The normalized spacial score (nSPS) is 35.2. The van der Waals surface area contributed by atoms with Crippen LogP contribution in [0.4, 0.5) is 0 Å². The van der Waals surface area contributed by atoms with Crippen molar-refractivity contribution in [3.8, 4) is 0 Å². The summed E-state index contributed by atoms with van der Waals surface area (Å²) in [6.45, 7) is 7.44. The standard InChI is InChI=1S/C16H31N3/c17-12-14-4-3-5-15(14)13-18-8-10-19(11-9-18)16-6-1-2-7-16/h14-16H,1-13,17H2. The van der Waals surface area contributed by atoms with E-state index in [0.717, 1.165) is 24.4 Å². The minimum absolute atomic E-state index is 0.813. The summed E-state index contributed by atoms with van der Waals surface area (Å²) in [5.41, 5.74) is 5.91. The van der Waals surface area contributed by atoms with E-state index in [2.05, 4.69) is 9.80 Å². The largest absolute Gasteiger partial charge is 0.330 e. The third-order valence-electron chi connectivity index (χ3n) is 5.86. The Balaban J connectivity index is 1.42. The van der Waals surface area contributed by atoms with Crippen LogP contribution >= 0.6 is 0 Å². The summed E-state index contributed by atoms with van der Waals surface area (Å²) in [5.74, 6) is 1.70. The Morgan fingerprint density at radius 1 is 0.789 bits per heavy atom. The molecule has 1 saturated heterocycles. The molecule has 0 aromatic heterocycles. The zero-order chi connectivity index (χ0) is 13.1. The highest BCUT2D eigenvalue weighted by molar-refractivity contribution is 4.85. The first-order valence-electron chi connectivity index (χ1n) is 8.53. The first-order valence-corrected chi connectivity index (χ1v) is 8.53. The molecule has 0 bridgehead atoms. The molecule has 3 nitrogen and oxygen atoms in total. The lowest BCUT2D eigenvalue weighted by Crippen LogP contribution is -2.51. The van der Waals surface area contributed by atoms with E-state index in [4.69, 9.17) is 5.73 Å². The molecule has 3 heteroatoms. The second kappa shape index (κ2) is 6.55. The van der Waals surface area contributed by atoms with Crippen LogP contribution in [0.2, 0.25) is 0 Å². The Morgan fingerprint density at radius 3 is 2.16 bits per heavy atom. The summed E-state index contributed by atoms with van der Waals surface area (Å²) in [4.78, 5) is 5.47. The number of nitrogens with two attached hydrogens (primary N) is 1. The van der Waals surface area contributed by atoms with Crippen molar-refractivity contribution in [2.45, 2.75) is 51.0 Å². The van der Waals surface area contributed by atoms with Gasteiger partial charge in [-0.05, 0) is 44.1 Å². The SMILES string of the molecule is NCC1CCCC1CN1CCN(C2CCCC2)CC1. The zero-order valence-electron chi connectivity index (χ0n) is 12.4. The van der Waals surface area contributed by atoms with Crippen molar-refractivity contribution < 1.29 is 0 Å². The molecule has 0 aromatic carbocycles. The lowest BCUT2D eigenvalue weighted by molar-refractivity contribution is 0.0831. The first kappa shape index (κ1) is 13.8.